The predicted molar refractivity (Wildman–Crippen MR) is 126 cm³/mol. The standard InChI is InChI=1S/C22H23ClN4O5S/c1-12-13(2)33-21-20(12)22(29)27(18(25-21)9-26-3-5-30-6-4-26)10-19(28)24-15-8-17-16(7-14(15)23)31-11-32-17/h7-8H,3-6,9-11H2,1-2H3,(H,24,28). The zero-order chi connectivity index (χ0) is 23.1. The molecular formula is C22H23ClN4O5S. The predicted octanol–water partition coefficient (Wildman–Crippen LogP) is 2.93. The maximum absolute atomic E-state index is 13.5. The van der Waals surface area contributed by atoms with Crippen molar-refractivity contribution in [3.05, 3.63) is 43.8 Å². The van der Waals surface area contributed by atoms with Gasteiger partial charge in [0, 0.05) is 30.1 Å². The van der Waals surface area contributed by atoms with Crippen LogP contribution in [0.2, 0.25) is 5.02 Å². The van der Waals surface area contributed by atoms with Gasteiger partial charge in [0.2, 0.25) is 12.7 Å². The highest BCUT2D eigenvalue weighted by Gasteiger charge is 2.22. The van der Waals surface area contributed by atoms with Crippen LogP contribution in [-0.2, 0) is 22.6 Å². The first kappa shape index (κ1) is 22.1. The van der Waals surface area contributed by atoms with Crippen LogP contribution in [0.15, 0.2) is 16.9 Å². The van der Waals surface area contributed by atoms with Gasteiger partial charge in [-0.25, -0.2) is 4.98 Å². The number of rotatable bonds is 5. The Morgan fingerprint density at radius 1 is 1.21 bits per heavy atom. The Morgan fingerprint density at radius 2 is 1.94 bits per heavy atom. The minimum Gasteiger partial charge on any atom is -0.454 e. The summed E-state index contributed by atoms with van der Waals surface area (Å²) < 4.78 is 17.6. The van der Waals surface area contributed by atoms with Crippen molar-refractivity contribution in [2.45, 2.75) is 26.9 Å². The lowest BCUT2D eigenvalue weighted by Crippen LogP contribution is -2.39. The van der Waals surface area contributed by atoms with Crippen LogP contribution in [0, 0.1) is 13.8 Å². The number of anilines is 1. The second kappa shape index (κ2) is 8.94. The molecule has 3 aromatic rings. The number of benzene rings is 1. The van der Waals surface area contributed by atoms with Gasteiger partial charge in [-0.2, -0.15) is 0 Å². The number of carbonyl (C=O) groups excluding carboxylic acids is 1. The van der Waals surface area contributed by atoms with Crippen molar-refractivity contribution in [3.8, 4) is 11.5 Å². The van der Waals surface area contributed by atoms with Gasteiger partial charge in [0.05, 0.1) is 35.9 Å². The molecule has 0 radical (unpaired) electrons. The molecule has 1 amide bonds. The molecule has 0 bridgehead atoms. The SMILES string of the molecule is Cc1sc2nc(CN3CCOCC3)n(CC(=O)Nc3cc4c(cc3Cl)OCO4)c(=O)c2c1C. The van der Waals surface area contributed by atoms with E-state index in [9.17, 15) is 9.59 Å². The zero-order valence-electron chi connectivity index (χ0n) is 18.3. The second-order valence-corrected chi connectivity index (χ2v) is 9.62. The summed E-state index contributed by atoms with van der Waals surface area (Å²) in [7, 11) is 0. The molecule has 1 N–H and O–H groups in total. The zero-order valence-corrected chi connectivity index (χ0v) is 19.8. The first-order chi connectivity index (χ1) is 15.9. The summed E-state index contributed by atoms with van der Waals surface area (Å²) in [5.41, 5.74) is 1.08. The fourth-order valence-electron chi connectivity index (χ4n) is 3.96. The number of fused-ring (bicyclic) bond motifs is 2. The van der Waals surface area contributed by atoms with Crippen molar-refractivity contribution < 1.29 is 19.0 Å². The van der Waals surface area contributed by atoms with Crippen LogP contribution in [0.5, 0.6) is 11.5 Å². The lowest BCUT2D eigenvalue weighted by Gasteiger charge is -2.27. The van der Waals surface area contributed by atoms with E-state index in [1.807, 2.05) is 13.8 Å². The minimum atomic E-state index is -0.383. The Balaban J connectivity index is 1.47. The van der Waals surface area contributed by atoms with E-state index in [0.29, 0.717) is 58.0 Å². The molecule has 0 spiro atoms. The fraction of sp³-hybridized carbons (Fsp3) is 0.409. The molecule has 1 fully saturated rings. The Bertz CT molecular complexity index is 1300. The number of amides is 1. The number of halogens is 1. The molecule has 174 valence electrons. The van der Waals surface area contributed by atoms with Crippen molar-refractivity contribution in [2.24, 2.45) is 0 Å². The van der Waals surface area contributed by atoms with Crippen molar-refractivity contribution >= 4 is 44.7 Å². The number of nitrogens with zero attached hydrogens (tertiary/aromatic N) is 3. The molecule has 0 aliphatic carbocycles. The first-order valence-electron chi connectivity index (χ1n) is 10.6. The van der Waals surface area contributed by atoms with E-state index in [-0.39, 0.29) is 24.8 Å². The third-order valence-corrected chi connectivity index (χ3v) is 7.29. The molecule has 4 heterocycles. The number of hydrogen-bond acceptors (Lipinski definition) is 8. The summed E-state index contributed by atoms with van der Waals surface area (Å²) in [6, 6.07) is 3.22. The van der Waals surface area contributed by atoms with Crippen LogP contribution in [-0.4, -0.2) is 53.5 Å². The lowest BCUT2D eigenvalue weighted by atomic mass is 10.2. The van der Waals surface area contributed by atoms with E-state index in [1.165, 1.54) is 15.9 Å². The van der Waals surface area contributed by atoms with E-state index in [0.717, 1.165) is 23.5 Å². The Morgan fingerprint density at radius 3 is 2.70 bits per heavy atom. The maximum atomic E-state index is 13.5. The van der Waals surface area contributed by atoms with E-state index in [2.05, 4.69) is 10.2 Å². The monoisotopic (exact) mass is 490 g/mol. The van der Waals surface area contributed by atoms with Crippen molar-refractivity contribution in [3.63, 3.8) is 0 Å². The highest BCUT2D eigenvalue weighted by Crippen LogP contribution is 2.39. The van der Waals surface area contributed by atoms with Crippen LogP contribution < -0.4 is 20.3 Å². The smallest absolute Gasteiger partial charge is 0.263 e. The molecule has 0 unspecified atom stereocenters. The summed E-state index contributed by atoms with van der Waals surface area (Å²) in [4.78, 5) is 35.2. The number of aromatic nitrogens is 2. The van der Waals surface area contributed by atoms with E-state index >= 15 is 0 Å². The normalized spacial score (nSPS) is 15.8. The number of morpholine rings is 1. The van der Waals surface area contributed by atoms with E-state index in [4.69, 9.17) is 30.8 Å². The van der Waals surface area contributed by atoms with Gasteiger partial charge in [-0.05, 0) is 19.4 Å². The second-order valence-electron chi connectivity index (χ2n) is 8.00. The highest BCUT2D eigenvalue weighted by molar-refractivity contribution is 7.18. The quantitative estimate of drug-likeness (QED) is 0.587. The minimum absolute atomic E-state index is 0.106. The molecule has 33 heavy (non-hydrogen) atoms. The fourth-order valence-corrected chi connectivity index (χ4v) is 5.20. The van der Waals surface area contributed by atoms with Crippen LogP contribution >= 0.6 is 22.9 Å². The molecule has 2 aliphatic rings. The molecule has 2 aromatic heterocycles. The molecular weight excluding hydrogens is 468 g/mol. The van der Waals surface area contributed by atoms with Crippen LogP contribution in [0.1, 0.15) is 16.3 Å². The summed E-state index contributed by atoms with van der Waals surface area (Å²) in [6.45, 7) is 7.03. The molecule has 5 rings (SSSR count). The van der Waals surface area contributed by atoms with Gasteiger partial charge in [0.25, 0.3) is 5.56 Å². The average Bonchev–Trinajstić information content (AvgIpc) is 3.35. The summed E-state index contributed by atoms with van der Waals surface area (Å²) in [6.07, 6.45) is 0. The third kappa shape index (κ3) is 4.31. The molecule has 1 aromatic carbocycles. The van der Waals surface area contributed by atoms with Crippen LogP contribution in [0.3, 0.4) is 0 Å². The van der Waals surface area contributed by atoms with Gasteiger partial charge < -0.3 is 19.5 Å². The van der Waals surface area contributed by atoms with Crippen molar-refractivity contribution in [1.29, 1.82) is 0 Å². The summed E-state index contributed by atoms with van der Waals surface area (Å²) >= 11 is 7.80. The number of thiophene rings is 1. The molecule has 9 nitrogen and oxygen atoms in total. The molecule has 0 atom stereocenters. The molecule has 1 saturated heterocycles. The maximum Gasteiger partial charge on any atom is 0.263 e. The lowest BCUT2D eigenvalue weighted by molar-refractivity contribution is -0.116. The largest absolute Gasteiger partial charge is 0.454 e. The molecule has 11 heteroatoms. The average molecular weight is 491 g/mol. The number of aryl methyl sites for hydroxylation is 2. The first-order valence-corrected chi connectivity index (χ1v) is 11.8. The van der Waals surface area contributed by atoms with E-state index in [1.54, 1.807) is 12.1 Å². The number of hydrogen-bond donors (Lipinski definition) is 1. The van der Waals surface area contributed by atoms with Gasteiger partial charge >= 0.3 is 0 Å². The number of carbonyl (C=O) groups is 1. The summed E-state index contributed by atoms with van der Waals surface area (Å²) in [5, 5.41) is 3.68. The van der Waals surface area contributed by atoms with Crippen molar-refractivity contribution in [1.82, 2.24) is 14.5 Å². The number of ether oxygens (including phenoxy) is 3. The Hall–Kier alpha value is -2.66. The van der Waals surface area contributed by atoms with Gasteiger partial charge in [-0.15, -0.1) is 11.3 Å². The third-order valence-electron chi connectivity index (χ3n) is 5.87. The van der Waals surface area contributed by atoms with Gasteiger partial charge in [-0.1, -0.05) is 11.6 Å². The summed E-state index contributed by atoms with van der Waals surface area (Å²) in [5.74, 6) is 1.21. The van der Waals surface area contributed by atoms with Crippen LogP contribution in [0.25, 0.3) is 10.2 Å². The van der Waals surface area contributed by atoms with E-state index < -0.39 is 0 Å². The van der Waals surface area contributed by atoms with Crippen molar-refractivity contribution in [2.75, 3.05) is 38.4 Å². The highest BCUT2D eigenvalue weighted by atomic mass is 35.5. The van der Waals surface area contributed by atoms with Gasteiger partial charge in [-0.3, -0.25) is 19.1 Å². The number of nitrogens with one attached hydrogen (secondary N) is 1. The Kier molecular flexibility index (Phi) is 6.00. The van der Waals surface area contributed by atoms with Gasteiger partial charge in [0.15, 0.2) is 11.5 Å². The molecule has 2 aliphatic heterocycles. The molecule has 0 saturated carbocycles. The van der Waals surface area contributed by atoms with Gasteiger partial charge in [0.1, 0.15) is 17.2 Å². The topological polar surface area (TPSA) is 94.9 Å². The Labute approximate surface area is 198 Å². The van der Waals surface area contributed by atoms with Crippen LogP contribution in [0.4, 0.5) is 5.69 Å².